The molecule has 0 amide bonds. The summed E-state index contributed by atoms with van der Waals surface area (Å²) in [7, 11) is 1.42. The van der Waals surface area contributed by atoms with E-state index in [1.807, 2.05) is 28.6 Å². The van der Waals surface area contributed by atoms with Crippen LogP contribution < -0.4 is 10.1 Å². The zero-order chi connectivity index (χ0) is 20.5. The van der Waals surface area contributed by atoms with Crippen LogP contribution in [0.15, 0.2) is 36.8 Å². The van der Waals surface area contributed by atoms with Crippen LogP contribution in [0, 0.1) is 0 Å². The molecule has 0 spiro atoms. The lowest BCUT2D eigenvalue weighted by molar-refractivity contribution is -0.140. The maximum absolute atomic E-state index is 11.0. The highest BCUT2D eigenvalue weighted by atomic mass is 127. The number of rotatable bonds is 11. The van der Waals surface area contributed by atoms with Crippen LogP contribution in [0.3, 0.4) is 0 Å². The van der Waals surface area contributed by atoms with Crippen molar-refractivity contribution >= 4 is 57.2 Å². The average Bonchev–Trinajstić information content (AvgIpc) is 3.16. The molecule has 0 aliphatic carbocycles. The van der Waals surface area contributed by atoms with Gasteiger partial charge >= 0.3 is 5.97 Å². The molecule has 2 heterocycles. The quantitative estimate of drug-likeness (QED) is 0.165. The Morgan fingerprint density at radius 3 is 2.72 bits per heavy atom. The third kappa shape index (κ3) is 6.50. The Morgan fingerprint density at radius 1 is 1.17 bits per heavy atom. The SMILES string of the molecule is COC(=O)CCCCCCOc1ccc(Nc2ncc3ncn(PI)c3n2)cc1. The van der Waals surface area contributed by atoms with Gasteiger partial charge in [0.25, 0.3) is 0 Å². The Bertz CT molecular complexity index is 935. The maximum Gasteiger partial charge on any atom is 0.305 e. The number of halogens is 1. The van der Waals surface area contributed by atoms with Crippen molar-refractivity contribution in [3.63, 3.8) is 0 Å². The average molecular weight is 527 g/mol. The van der Waals surface area contributed by atoms with Gasteiger partial charge in [0.05, 0.1) is 26.3 Å². The summed E-state index contributed by atoms with van der Waals surface area (Å²) in [6, 6.07) is 7.73. The minimum absolute atomic E-state index is 0.142. The first-order valence-electron chi connectivity index (χ1n) is 9.33. The number of hydrogen-bond acceptors (Lipinski definition) is 7. The van der Waals surface area contributed by atoms with E-state index >= 15 is 0 Å². The number of nitrogens with zero attached hydrogens (tertiary/aromatic N) is 4. The number of carbonyl (C=O) groups excluding carboxylic acids is 1. The predicted molar refractivity (Wildman–Crippen MR) is 123 cm³/mol. The monoisotopic (exact) mass is 527 g/mol. The zero-order valence-corrected chi connectivity index (χ0v) is 19.3. The van der Waals surface area contributed by atoms with Crippen LogP contribution >= 0.6 is 28.4 Å². The molecule has 0 saturated heterocycles. The van der Waals surface area contributed by atoms with Gasteiger partial charge in [0.2, 0.25) is 5.95 Å². The van der Waals surface area contributed by atoms with Gasteiger partial charge in [-0.2, -0.15) is 4.98 Å². The molecule has 0 aliphatic heterocycles. The number of esters is 1. The number of benzene rings is 1. The van der Waals surface area contributed by atoms with E-state index in [0.29, 0.717) is 25.3 Å². The van der Waals surface area contributed by atoms with Gasteiger partial charge in [0.15, 0.2) is 5.65 Å². The molecule has 0 bridgehead atoms. The molecule has 3 aromatic rings. The Morgan fingerprint density at radius 2 is 1.97 bits per heavy atom. The first-order chi connectivity index (χ1) is 14.2. The summed E-state index contributed by atoms with van der Waals surface area (Å²) in [5, 5.41) is 3.21. The normalized spacial score (nSPS) is 11.2. The van der Waals surface area contributed by atoms with Crippen molar-refractivity contribution in [3.05, 3.63) is 36.8 Å². The summed E-state index contributed by atoms with van der Waals surface area (Å²) in [5.74, 6) is 1.22. The van der Waals surface area contributed by atoms with Crippen molar-refractivity contribution in [2.75, 3.05) is 19.0 Å². The second-order valence-electron chi connectivity index (χ2n) is 6.34. The lowest BCUT2D eigenvalue weighted by Crippen LogP contribution is -2.01. The van der Waals surface area contributed by atoms with E-state index in [1.165, 1.54) is 7.11 Å². The first kappa shape index (κ1) is 21.7. The number of imidazole rings is 1. The molecule has 29 heavy (non-hydrogen) atoms. The van der Waals surface area contributed by atoms with Crippen LogP contribution in [-0.2, 0) is 9.53 Å². The van der Waals surface area contributed by atoms with Gasteiger partial charge in [-0.25, -0.2) is 9.97 Å². The summed E-state index contributed by atoms with van der Waals surface area (Å²) < 4.78 is 12.4. The number of nitrogens with one attached hydrogen (secondary N) is 1. The first-order valence-corrected chi connectivity index (χ1v) is 13.4. The van der Waals surface area contributed by atoms with Crippen LogP contribution in [0.25, 0.3) is 11.2 Å². The second kappa shape index (κ2) is 11.3. The molecule has 8 nitrogen and oxygen atoms in total. The second-order valence-corrected chi connectivity index (χ2v) is 8.44. The number of unbranched alkanes of at least 4 members (excludes halogenated alkanes) is 3. The smallest absolute Gasteiger partial charge is 0.305 e. The molecule has 1 unspecified atom stereocenters. The van der Waals surface area contributed by atoms with Crippen molar-refractivity contribution in [2.45, 2.75) is 32.1 Å². The highest BCUT2D eigenvalue weighted by Gasteiger charge is 2.06. The fourth-order valence-electron chi connectivity index (χ4n) is 2.71. The largest absolute Gasteiger partial charge is 0.494 e. The van der Waals surface area contributed by atoms with Crippen molar-refractivity contribution in [3.8, 4) is 5.75 Å². The summed E-state index contributed by atoms with van der Waals surface area (Å²) in [6.45, 7) is 0.659. The van der Waals surface area contributed by atoms with Crippen LogP contribution in [-0.4, -0.2) is 39.0 Å². The molecule has 1 atom stereocenters. The molecule has 10 heteroatoms. The van der Waals surface area contributed by atoms with Gasteiger partial charge in [0.1, 0.15) is 17.6 Å². The Labute approximate surface area is 184 Å². The van der Waals surface area contributed by atoms with Crippen LogP contribution in [0.5, 0.6) is 5.75 Å². The summed E-state index contributed by atoms with van der Waals surface area (Å²) >= 11 is 2.30. The molecule has 0 aliphatic rings. The molecule has 1 aromatic carbocycles. The number of aromatic nitrogens is 4. The standard InChI is InChI=1S/C19H23IN5O3P/c1-27-17(26)6-4-2-3-5-11-28-15-9-7-14(8-10-15)23-19-21-12-16-18(24-19)25(29-20)13-22-16/h7-10,12-13,29H,2-6,11H2,1H3,(H,21,23,24). The topological polar surface area (TPSA) is 91.2 Å². The van der Waals surface area contributed by atoms with Gasteiger partial charge in [-0.3, -0.25) is 9.13 Å². The molecular formula is C19H23IN5O3P. The van der Waals surface area contributed by atoms with Gasteiger partial charge in [0, 0.05) is 12.1 Å². The highest BCUT2D eigenvalue weighted by molar-refractivity contribution is 14.2. The van der Waals surface area contributed by atoms with E-state index in [2.05, 4.69) is 47.0 Å². The van der Waals surface area contributed by atoms with Crippen molar-refractivity contribution in [1.82, 2.24) is 19.3 Å². The molecule has 0 fully saturated rings. The molecule has 1 N–H and O–H groups in total. The van der Waals surface area contributed by atoms with E-state index in [0.717, 1.165) is 48.3 Å². The highest BCUT2D eigenvalue weighted by Crippen LogP contribution is 2.28. The van der Waals surface area contributed by atoms with E-state index in [9.17, 15) is 4.79 Å². The molecule has 154 valence electrons. The van der Waals surface area contributed by atoms with E-state index < -0.39 is 0 Å². The summed E-state index contributed by atoms with van der Waals surface area (Å²) in [4.78, 5) is 24.2. The number of fused-ring (bicyclic) bond motifs is 1. The molecule has 0 radical (unpaired) electrons. The molecule has 0 saturated carbocycles. The van der Waals surface area contributed by atoms with Crippen LogP contribution in [0.2, 0.25) is 0 Å². The Hall–Kier alpha value is -2.00. The predicted octanol–water partition coefficient (Wildman–Crippen LogP) is 4.86. The minimum atomic E-state index is -0.142. The molecular weight excluding hydrogens is 504 g/mol. The van der Waals surface area contributed by atoms with Crippen molar-refractivity contribution < 1.29 is 14.3 Å². The number of methoxy groups -OCH3 is 1. The molecule has 2 aromatic heterocycles. The van der Waals surface area contributed by atoms with Gasteiger partial charge in [-0.1, -0.05) is 12.8 Å². The summed E-state index contributed by atoms with van der Waals surface area (Å²) in [5.41, 5.74) is 2.50. The number of anilines is 2. The zero-order valence-electron chi connectivity index (χ0n) is 16.1. The van der Waals surface area contributed by atoms with E-state index in [4.69, 9.17) is 4.74 Å². The van der Waals surface area contributed by atoms with E-state index in [1.54, 1.807) is 12.5 Å². The molecule has 3 rings (SSSR count). The Kier molecular flexibility index (Phi) is 8.42. The lowest BCUT2D eigenvalue weighted by Gasteiger charge is -2.08. The van der Waals surface area contributed by atoms with Crippen LogP contribution in [0.1, 0.15) is 32.1 Å². The van der Waals surface area contributed by atoms with Gasteiger partial charge in [-0.05, 0) is 59.1 Å². The lowest BCUT2D eigenvalue weighted by atomic mass is 10.1. The fourth-order valence-corrected chi connectivity index (χ4v) is 4.12. The number of carbonyl (C=O) groups is 1. The van der Waals surface area contributed by atoms with Crippen LogP contribution in [0.4, 0.5) is 11.6 Å². The maximum atomic E-state index is 11.0. The van der Waals surface area contributed by atoms with Crippen molar-refractivity contribution in [2.24, 2.45) is 0 Å². The number of ether oxygens (including phenoxy) is 2. The summed E-state index contributed by atoms with van der Waals surface area (Å²) in [6.07, 6.45) is 8.38. The fraction of sp³-hybridized carbons (Fsp3) is 0.368. The van der Waals surface area contributed by atoms with Gasteiger partial charge < -0.3 is 14.8 Å². The number of hydrogen-bond donors (Lipinski definition) is 1. The van der Waals surface area contributed by atoms with E-state index in [-0.39, 0.29) is 5.97 Å². The van der Waals surface area contributed by atoms with Crippen molar-refractivity contribution in [1.29, 1.82) is 0 Å². The third-order valence-corrected chi connectivity index (χ3v) is 6.33. The van der Waals surface area contributed by atoms with Gasteiger partial charge in [-0.15, -0.1) is 0 Å². The minimum Gasteiger partial charge on any atom is -0.494 e. The Balaban J connectivity index is 1.42. The third-order valence-electron chi connectivity index (χ3n) is 4.26.